The van der Waals surface area contributed by atoms with Crippen molar-refractivity contribution in [1.29, 1.82) is 0 Å². The Morgan fingerprint density at radius 2 is 1.61 bits per heavy atom. The smallest absolute Gasteiger partial charge is 0.321 e. The fraction of sp³-hybridized carbons (Fsp3) is 0.533. The second-order valence-electron chi connectivity index (χ2n) is 4.45. The van der Waals surface area contributed by atoms with E-state index in [1.54, 1.807) is 0 Å². The van der Waals surface area contributed by atoms with Crippen molar-refractivity contribution in [3.05, 3.63) is 35.4 Å². The zero-order chi connectivity index (χ0) is 13.5. The molecule has 0 spiro atoms. The number of carboxylic acid groups (broad SMARTS) is 1. The molecule has 0 amide bonds. The fourth-order valence-corrected chi connectivity index (χ4v) is 2.17. The molecule has 0 fully saturated rings. The maximum Gasteiger partial charge on any atom is 0.321 e. The lowest BCUT2D eigenvalue weighted by atomic mass is 10.0. The molecule has 0 aliphatic carbocycles. The van der Waals surface area contributed by atoms with E-state index in [1.807, 2.05) is 30.9 Å². The van der Waals surface area contributed by atoms with E-state index in [4.69, 9.17) is 0 Å². The van der Waals surface area contributed by atoms with Crippen LogP contribution in [-0.4, -0.2) is 35.1 Å². The number of rotatable bonds is 7. The monoisotopic (exact) mass is 249 g/mol. The molecule has 1 N–H and O–H groups in total. The van der Waals surface area contributed by atoms with Gasteiger partial charge in [0.25, 0.3) is 0 Å². The number of aryl methyl sites for hydroxylation is 1. The average Bonchev–Trinajstić information content (AvgIpc) is 2.39. The number of hydrogen-bond donors (Lipinski definition) is 1. The quantitative estimate of drug-likeness (QED) is 0.807. The van der Waals surface area contributed by atoms with Crippen LogP contribution in [0.4, 0.5) is 0 Å². The van der Waals surface area contributed by atoms with Crippen molar-refractivity contribution in [2.75, 3.05) is 13.1 Å². The molecule has 0 saturated heterocycles. The van der Waals surface area contributed by atoms with E-state index in [9.17, 15) is 9.90 Å². The van der Waals surface area contributed by atoms with Gasteiger partial charge in [0.1, 0.15) is 6.04 Å². The molecule has 3 heteroatoms. The minimum atomic E-state index is -0.738. The van der Waals surface area contributed by atoms with Gasteiger partial charge in [-0.1, -0.05) is 45.0 Å². The lowest BCUT2D eigenvalue weighted by Gasteiger charge is -2.26. The fourth-order valence-electron chi connectivity index (χ4n) is 2.17. The van der Waals surface area contributed by atoms with E-state index in [2.05, 4.69) is 19.1 Å². The van der Waals surface area contributed by atoms with Gasteiger partial charge in [-0.15, -0.1) is 0 Å². The minimum Gasteiger partial charge on any atom is -0.480 e. The molecule has 18 heavy (non-hydrogen) atoms. The Kier molecular flexibility index (Phi) is 5.86. The maximum atomic E-state index is 11.3. The van der Waals surface area contributed by atoms with Gasteiger partial charge in [-0.05, 0) is 37.1 Å². The third-order valence-electron chi connectivity index (χ3n) is 3.40. The van der Waals surface area contributed by atoms with Gasteiger partial charge in [-0.25, -0.2) is 0 Å². The van der Waals surface area contributed by atoms with Gasteiger partial charge in [-0.3, -0.25) is 9.69 Å². The van der Waals surface area contributed by atoms with Crippen LogP contribution in [0.3, 0.4) is 0 Å². The summed E-state index contributed by atoms with van der Waals surface area (Å²) in [4.78, 5) is 13.3. The maximum absolute atomic E-state index is 11.3. The first-order valence-corrected chi connectivity index (χ1v) is 6.67. The van der Waals surface area contributed by atoms with Crippen molar-refractivity contribution < 1.29 is 9.90 Å². The van der Waals surface area contributed by atoms with Crippen LogP contribution in [-0.2, 0) is 17.6 Å². The third kappa shape index (κ3) is 3.84. The molecule has 1 atom stereocenters. The number of nitrogens with zero attached hydrogens (tertiary/aromatic N) is 1. The number of benzene rings is 1. The van der Waals surface area contributed by atoms with Crippen molar-refractivity contribution >= 4 is 5.97 Å². The summed E-state index contributed by atoms with van der Waals surface area (Å²) in [6.07, 6.45) is 1.58. The Hall–Kier alpha value is -1.35. The molecule has 1 aromatic rings. The molecule has 3 nitrogen and oxygen atoms in total. The third-order valence-corrected chi connectivity index (χ3v) is 3.40. The molecule has 0 heterocycles. The second-order valence-corrected chi connectivity index (χ2v) is 4.45. The van der Waals surface area contributed by atoms with Crippen LogP contribution in [0, 0.1) is 0 Å². The summed E-state index contributed by atoms with van der Waals surface area (Å²) in [5, 5.41) is 9.33. The summed E-state index contributed by atoms with van der Waals surface area (Å²) < 4.78 is 0. The number of hydrogen-bond acceptors (Lipinski definition) is 2. The molecule has 1 unspecified atom stereocenters. The normalized spacial score (nSPS) is 12.7. The average molecular weight is 249 g/mol. The van der Waals surface area contributed by atoms with Crippen molar-refractivity contribution in [1.82, 2.24) is 4.90 Å². The predicted octanol–water partition coefficient (Wildman–Crippen LogP) is 2.59. The zero-order valence-corrected chi connectivity index (χ0v) is 11.5. The van der Waals surface area contributed by atoms with Crippen LogP contribution in [0.15, 0.2) is 24.3 Å². The highest BCUT2D eigenvalue weighted by Crippen LogP contribution is 2.11. The Labute approximate surface area is 109 Å². The molecule has 0 aromatic heterocycles. The van der Waals surface area contributed by atoms with Crippen molar-refractivity contribution in [3.63, 3.8) is 0 Å². The summed E-state index contributed by atoms with van der Waals surface area (Å²) >= 11 is 0. The van der Waals surface area contributed by atoms with E-state index in [0.717, 1.165) is 25.1 Å². The standard InChI is InChI=1S/C15H23NO2/c1-4-12-7-9-13(10-8-12)11-14(15(17)18)16(5-2)6-3/h7-10,14H,4-6,11H2,1-3H3,(H,17,18). The molecule has 1 aromatic carbocycles. The number of likely N-dealkylation sites (N-methyl/N-ethyl adjacent to an activating group) is 1. The van der Waals surface area contributed by atoms with E-state index < -0.39 is 12.0 Å². The van der Waals surface area contributed by atoms with Gasteiger partial charge in [-0.2, -0.15) is 0 Å². The highest BCUT2D eigenvalue weighted by atomic mass is 16.4. The van der Waals surface area contributed by atoms with Crippen LogP contribution in [0.25, 0.3) is 0 Å². The van der Waals surface area contributed by atoms with Crippen LogP contribution >= 0.6 is 0 Å². The van der Waals surface area contributed by atoms with Gasteiger partial charge in [0.2, 0.25) is 0 Å². The molecule has 0 aliphatic heterocycles. The van der Waals surface area contributed by atoms with Crippen LogP contribution in [0.5, 0.6) is 0 Å². The van der Waals surface area contributed by atoms with E-state index in [0.29, 0.717) is 6.42 Å². The van der Waals surface area contributed by atoms with Crippen molar-refractivity contribution in [2.24, 2.45) is 0 Å². The first-order valence-electron chi connectivity index (χ1n) is 6.67. The first kappa shape index (κ1) is 14.7. The highest BCUT2D eigenvalue weighted by Gasteiger charge is 2.23. The lowest BCUT2D eigenvalue weighted by Crippen LogP contribution is -2.42. The van der Waals surface area contributed by atoms with Gasteiger partial charge < -0.3 is 5.11 Å². The minimum absolute atomic E-state index is 0.424. The Morgan fingerprint density at radius 3 is 2.00 bits per heavy atom. The topological polar surface area (TPSA) is 40.5 Å². The number of carboxylic acids is 1. The summed E-state index contributed by atoms with van der Waals surface area (Å²) in [6, 6.07) is 7.82. The van der Waals surface area contributed by atoms with Crippen LogP contribution in [0.2, 0.25) is 0 Å². The molecule has 0 radical (unpaired) electrons. The molecular weight excluding hydrogens is 226 g/mol. The van der Waals surface area contributed by atoms with Gasteiger partial charge in [0.05, 0.1) is 0 Å². The molecule has 0 aliphatic rings. The molecule has 0 saturated carbocycles. The Bertz CT molecular complexity index is 369. The molecular formula is C15H23NO2. The second kappa shape index (κ2) is 7.17. The van der Waals surface area contributed by atoms with Crippen molar-refractivity contribution in [3.8, 4) is 0 Å². The Morgan fingerprint density at radius 1 is 1.11 bits per heavy atom. The summed E-state index contributed by atoms with van der Waals surface area (Å²) in [5.41, 5.74) is 2.37. The number of aliphatic carboxylic acids is 1. The molecule has 1 rings (SSSR count). The summed E-state index contributed by atoms with van der Waals surface area (Å²) in [7, 11) is 0. The van der Waals surface area contributed by atoms with E-state index in [-0.39, 0.29) is 0 Å². The van der Waals surface area contributed by atoms with Crippen LogP contribution < -0.4 is 0 Å². The number of carbonyl (C=O) groups is 1. The van der Waals surface area contributed by atoms with Crippen LogP contribution in [0.1, 0.15) is 31.9 Å². The largest absolute Gasteiger partial charge is 0.480 e. The SMILES string of the molecule is CCc1ccc(CC(C(=O)O)N(CC)CC)cc1. The highest BCUT2D eigenvalue weighted by molar-refractivity contribution is 5.74. The van der Waals surface area contributed by atoms with Gasteiger partial charge >= 0.3 is 5.97 Å². The van der Waals surface area contributed by atoms with Crippen molar-refractivity contribution in [2.45, 2.75) is 39.7 Å². The van der Waals surface area contributed by atoms with E-state index in [1.165, 1.54) is 5.56 Å². The summed E-state index contributed by atoms with van der Waals surface area (Å²) in [5.74, 6) is -0.738. The van der Waals surface area contributed by atoms with E-state index >= 15 is 0 Å². The molecule has 100 valence electrons. The first-order chi connectivity index (χ1) is 8.62. The predicted molar refractivity (Wildman–Crippen MR) is 73.9 cm³/mol. The summed E-state index contributed by atoms with van der Waals surface area (Å²) in [6.45, 7) is 7.64. The van der Waals surface area contributed by atoms with Gasteiger partial charge in [0.15, 0.2) is 0 Å². The molecule has 0 bridgehead atoms. The zero-order valence-electron chi connectivity index (χ0n) is 11.5. The van der Waals surface area contributed by atoms with Gasteiger partial charge in [0, 0.05) is 0 Å². The Balaban J connectivity index is 2.79. The lowest BCUT2D eigenvalue weighted by molar-refractivity contribution is -0.143.